The highest BCUT2D eigenvalue weighted by Crippen LogP contribution is 2.33. The Labute approximate surface area is 96.6 Å². The van der Waals surface area contributed by atoms with Gasteiger partial charge in [0.15, 0.2) is 6.39 Å². The predicted octanol–water partition coefficient (Wildman–Crippen LogP) is 2.03. The minimum absolute atomic E-state index is 0.0731. The summed E-state index contributed by atoms with van der Waals surface area (Å²) < 4.78 is 5.05. The molecule has 0 aliphatic heterocycles. The molecule has 0 saturated heterocycles. The summed E-state index contributed by atoms with van der Waals surface area (Å²) in [6, 6.07) is 0. The average Bonchev–Trinajstić information content (AvgIpc) is 2.58. The van der Waals surface area contributed by atoms with Crippen LogP contribution in [0.2, 0.25) is 0 Å². The van der Waals surface area contributed by atoms with Crippen LogP contribution in [0, 0.1) is 6.92 Å². The van der Waals surface area contributed by atoms with Gasteiger partial charge in [-0.25, -0.2) is 4.98 Å². The summed E-state index contributed by atoms with van der Waals surface area (Å²) in [6.07, 6.45) is 4.52. The van der Waals surface area contributed by atoms with E-state index in [4.69, 9.17) is 4.42 Å². The van der Waals surface area contributed by atoms with E-state index in [-0.39, 0.29) is 11.4 Å². The zero-order valence-corrected chi connectivity index (χ0v) is 10.1. The van der Waals surface area contributed by atoms with Crippen LogP contribution in [0.1, 0.15) is 35.5 Å². The summed E-state index contributed by atoms with van der Waals surface area (Å²) >= 11 is 3.43. The molecule has 2 rings (SSSR count). The van der Waals surface area contributed by atoms with E-state index in [1.807, 2.05) is 0 Å². The van der Waals surface area contributed by atoms with Gasteiger partial charge < -0.3 is 9.73 Å². The highest BCUT2D eigenvalue weighted by Gasteiger charge is 2.38. The molecular weight excluding hydrogens is 260 g/mol. The van der Waals surface area contributed by atoms with Crippen LogP contribution in [0.4, 0.5) is 0 Å². The maximum Gasteiger partial charge on any atom is 0.289 e. The van der Waals surface area contributed by atoms with Crippen molar-refractivity contribution in [3.8, 4) is 0 Å². The Hall–Kier alpha value is -0.840. The molecule has 1 heterocycles. The van der Waals surface area contributed by atoms with E-state index >= 15 is 0 Å². The molecule has 1 saturated carbocycles. The van der Waals surface area contributed by atoms with Crippen molar-refractivity contribution in [2.75, 3.05) is 5.33 Å². The monoisotopic (exact) mass is 272 g/mol. The molecule has 5 heteroatoms. The number of halogens is 1. The van der Waals surface area contributed by atoms with Gasteiger partial charge in [0.2, 0.25) is 5.76 Å². The van der Waals surface area contributed by atoms with Crippen molar-refractivity contribution in [3.63, 3.8) is 0 Å². The molecule has 82 valence electrons. The Bertz CT molecular complexity index is 366. The van der Waals surface area contributed by atoms with Crippen LogP contribution in [0.3, 0.4) is 0 Å². The fraction of sp³-hybridized carbons (Fsp3) is 0.600. The summed E-state index contributed by atoms with van der Waals surface area (Å²) in [4.78, 5) is 15.7. The van der Waals surface area contributed by atoms with Crippen LogP contribution in [-0.4, -0.2) is 21.8 Å². The van der Waals surface area contributed by atoms with Crippen molar-refractivity contribution in [3.05, 3.63) is 17.8 Å². The second kappa shape index (κ2) is 3.96. The van der Waals surface area contributed by atoms with E-state index in [2.05, 4.69) is 26.2 Å². The topological polar surface area (TPSA) is 55.1 Å². The first-order valence-electron chi connectivity index (χ1n) is 4.95. The molecule has 1 N–H and O–H groups in total. The number of oxazole rings is 1. The molecule has 1 aromatic heterocycles. The van der Waals surface area contributed by atoms with E-state index in [0.717, 1.165) is 18.2 Å². The Kier molecular flexibility index (Phi) is 2.82. The first-order chi connectivity index (χ1) is 7.17. The van der Waals surface area contributed by atoms with Gasteiger partial charge in [0.1, 0.15) is 0 Å². The molecular formula is C10H13BrN2O2. The predicted molar refractivity (Wildman–Crippen MR) is 59.1 cm³/mol. The molecule has 1 fully saturated rings. The zero-order valence-electron chi connectivity index (χ0n) is 8.55. The standard InChI is InChI=1S/C10H13BrN2O2/c1-7-8(15-6-12-7)9(14)13-10(5-11)3-2-4-10/h6H,2-5H2,1H3,(H,13,14). The number of amides is 1. The van der Waals surface area contributed by atoms with Gasteiger partial charge in [-0.2, -0.15) is 0 Å². The molecule has 1 aliphatic carbocycles. The smallest absolute Gasteiger partial charge is 0.289 e. The molecule has 0 spiro atoms. The minimum Gasteiger partial charge on any atom is -0.438 e. The van der Waals surface area contributed by atoms with Crippen molar-refractivity contribution < 1.29 is 9.21 Å². The number of carbonyl (C=O) groups is 1. The summed E-state index contributed by atoms with van der Waals surface area (Å²) in [5.74, 6) is 0.159. The third kappa shape index (κ3) is 1.93. The molecule has 0 unspecified atom stereocenters. The van der Waals surface area contributed by atoms with Gasteiger partial charge in [-0.1, -0.05) is 15.9 Å². The number of aromatic nitrogens is 1. The van der Waals surface area contributed by atoms with Crippen LogP contribution < -0.4 is 5.32 Å². The van der Waals surface area contributed by atoms with Crippen LogP contribution >= 0.6 is 15.9 Å². The lowest BCUT2D eigenvalue weighted by molar-refractivity contribution is 0.0827. The second-order valence-electron chi connectivity index (χ2n) is 3.99. The Morgan fingerprint density at radius 1 is 1.73 bits per heavy atom. The van der Waals surface area contributed by atoms with Gasteiger partial charge in [0.05, 0.1) is 11.2 Å². The van der Waals surface area contributed by atoms with Crippen LogP contribution in [0.15, 0.2) is 10.8 Å². The highest BCUT2D eigenvalue weighted by atomic mass is 79.9. The highest BCUT2D eigenvalue weighted by molar-refractivity contribution is 9.09. The third-order valence-electron chi connectivity index (χ3n) is 2.90. The Morgan fingerprint density at radius 3 is 2.87 bits per heavy atom. The SMILES string of the molecule is Cc1ncoc1C(=O)NC1(CBr)CCC1. The number of carbonyl (C=O) groups excluding carboxylic acids is 1. The van der Waals surface area contributed by atoms with Crippen molar-refractivity contribution in [2.24, 2.45) is 0 Å². The molecule has 0 bridgehead atoms. The number of hydrogen-bond acceptors (Lipinski definition) is 3. The molecule has 1 aliphatic rings. The number of nitrogens with one attached hydrogen (secondary N) is 1. The second-order valence-corrected chi connectivity index (χ2v) is 4.55. The minimum atomic E-state index is -0.163. The fourth-order valence-corrected chi connectivity index (χ4v) is 2.41. The van der Waals surface area contributed by atoms with Gasteiger partial charge in [-0.3, -0.25) is 4.79 Å². The summed E-state index contributed by atoms with van der Waals surface area (Å²) in [6.45, 7) is 1.76. The normalized spacial score (nSPS) is 18.3. The maximum absolute atomic E-state index is 11.8. The maximum atomic E-state index is 11.8. The Morgan fingerprint density at radius 2 is 2.47 bits per heavy atom. The van der Waals surface area contributed by atoms with Crippen LogP contribution in [0.5, 0.6) is 0 Å². The number of hydrogen-bond donors (Lipinski definition) is 1. The van der Waals surface area contributed by atoms with Crippen LogP contribution in [0.25, 0.3) is 0 Å². The number of nitrogens with zero attached hydrogens (tertiary/aromatic N) is 1. The van der Waals surface area contributed by atoms with E-state index in [1.54, 1.807) is 6.92 Å². The molecule has 15 heavy (non-hydrogen) atoms. The lowest BCUT2D eigenvalue weighted by atomic mass is 9.78. The zero-order chi connectivity index (χ0) is 10.9. The molecule has 0 atom stereocenters. The summed E-state index contributed by atoms with van der Waals surface area (Å²) in [5.41, 5.74) is 0.563. The quantitative estimate of drug-likeness (QED) is 0.857. The number of aryl methyl sites for hydroxylation is 1. The molecule has 4 nitrogen and oxygen atoms in total. The Balaban J connectivity index is 2.07. The lowest BCUT2D eigenvalue weighted by Gasteiger charge is -2.40. The molecule has 0 radical (unpaired) electrons. The van der Waals surface area contributed by atoms with Crippen molar-refractivity contribution >= 4 is 21.8 Å². The largest absolute Gasteiger partial charge is 0.438 e. The van der Waals surface area contributed by atoms with Gasteiger partial charge in [-0.05, 0) is 26.2 Å². The fourth-order valence-electron chi connectivity index (χ4n) is 1.71. The van der Waals surface area contributed by atoms with Crippen molar-refractivity contribution in [1.82, 2.24) is 10.3 Å². The van der Waals surface area contributed by atoms with Crippen molar-refractivity contribution in [2.45, 2.75) is 31.7 Å². The first kappa shape index (κ1) is 10.7. The third-order valence-corrected chi connectivity index (χ3v) is 3.97. The molecule has 0 aromatic carbocycles. The van der Waals surface area contributed by atoms with Crippen molar-refractivity contribution in [1.29, 1.82) is 0 Å². The summed E-state index contributed by atoms with van der Waals surface area (Å²) in [7, 11) is 0. The molecule has 1 aromatic rings. The van der Waals surface area contributed by atoms with Gasteiger partial charge in [0.25, 0.3) is 5.91 Å². The number of rotatable bonds is 3. The number of alkyl halides is 1. The van der Waals surface area contributed by atoms with Crippen LogP contribution in [-0.2, 0) is 0 Å². The van der Waals surface area contributed by atoms with E-state index < -0.39 is 0 Å². The first-order valence-corrected chi connectivity index (χ1v) is 6.08. The van der Waals surface area contributed by atoms with Gasteiger partial charge in [0, 0.05) is 5.33 Å². The van der Waals surface area contributed by atoms with Gasteiger partial charge in [-0.15, -0.1) is 0 Å². The van der Waals surface area contributed by atoms with E-state index in [1.165, 1.54) is 12.8 Å². The summed E-state index contributed by atoms with van der Waals surface area (Å²) in [5, 5.41) is 3.79. The average molecular weight is 273 g/mol. The lowest BCUT2D eigenvalue weighted by Crippen LogP contribution is -2.54. The van der Waals surface area contributed by atoms with E-state index in [9.17, 15) is 4.79 Å². The van der Waals surface area contributed by atoms with E-state index in [0.29, 0.717) is 11.5 Å². The molecule has 1 amide bonds. The van der Waals surface area contributed by atoms with Gasteiger partial charge >= 0.3 is 0 Å².